The minimum absolute atomic E-state index is 0.403. The fourth-order valence-electron chi connectivity index (χ4n) is 0.757. The number of nitriles is 1. The van der Waals surface area contributed by atoms with Crippen molar-refractivity contribution in [2.75, 3.05) is 0 Å². The molecule has 0 aliphatic rings. The van der Waals surface area contributed by atoms with E-state index >= 15 is 0 Å². The molecular weight excluding hydrogens is 150 g/mol. The molecule has 0 aromatic carbocycles. The second kappa shape index (κ2) is 2.31. The third kappa shape index (κ3) is 0.869. The lowest BCUT2D eigenvalue weighted by Gasteiger charge is -1.86. The van der Waals surface area contributed by atoms with Crippen LogP contribution in [0.5, 0.6) is 0 Å². The van der Waals surface area contributed by atoms with Crippen molar-refractivity contribution in [2.24, 2.45) is 7.05 Å². The van der Waals surface area contributed by atoms with Crippen LogP contribution < -0.4 is 0 Å². The molecule has 0 atom stereocenters. The molecule has 4 heteroatoms. The van der Waals surface area contributed by atoms with Gasteiger partial charge in [-0.25, -0.2) is 0 Å². The summed E-state index contributed by atoms with van der Waals surface area (Å²) in [4.78, 5) is 0. The van der Waals surface area contributed by atoms with E-state index in [0.717, 1.165) is 0 Å². The zero-order valence-corrected chi connectivity index (χ0v) is 6.48. The van der Waals surface area contributed by atoms with Crippen LogP contribution in [0.25, 0.3) is 0 Å². The molecule has 0 spiro atoms. The Hall–Kier alpha value is -1.01. The third-order valence-electron chi connectivity index (χ3n) is 1.26. The van der Waals surface area contributed by atoms with Gasteiger partial charge in [0.15, 0.2) is 0 Å². The molecule has 0 radical (unpaired) electrons. The highest BCUT2D eigenvalue weighted by Gasteiger charge is 2.08. The lowest BCUT2D eigenvalue weighted by Crippen LogP contribution is -1.88. The second-order valence-corrected chi connectivity index (χ2v) is 2.34. The summed E-state index contributed by atoms with van der Waals surface area (Å²) >= 11 is 5.69. The van der Waals surface area contributed by atoms with Crippen molar-refractivity contribution >= 4 is 11.6 Å². The summed E-state index contributed by atoms with van der Waals surface area (Å²) < 4.78 is 1.48. The second-order valence-electron chi connectivity index (χ2n) is 1.99. The van der Waals surface area contributed by atoms with E-state index in [2.05, 4.69) is 5.10 Å². The largest absolute Gasteiger partial charge is 0.255 e. The summed E-state index contributed by atoms with van der Waals surface area (Å²) in [5, 5.41) is 12.9. The summed E-state index contributed by atoms with van der Waals surface area (Å²) in [5.41, 5.74) is 1.14. The molecule has 0 amide bonds. The molecule has 1 aromatic heterocycles. The van der Waals surface area contributed by atoms with E-state index in [1.807, 2.05) is 6.07 Å². The van der Waals surface area contributed by atoms with Gasteiger partial charge in [0, 0.05) is 7.05 Å². The zero-order valence-electron chi connectivity index (χ0n) is 5.72. The molecule has 3 nitrogen and oxygen atoms in total. The Morgan fingerprint density at radius 2 is 2.30 bits per heavy atom. The Balaban J connectivity index is 3.37. The van der Waals surface area contributed by atoms with Crippen molar-refractivity contribution in [3.8, 4) is 6.07 Å². The smallest absolute Gasteiger partial charge is 0.144 e. The first kappa shape index (κ1) is 7.10. The Labute approximate surface area is 63.8 Å². The highest BCUT2D eigenvalue weighted by Crippen LogP contribution is 2.16. The average molecular weight is 156 g/mol. The first-order valence-corrected chi connectivity index (χ1v) is 3.13. The molecule has 0 aliphatic carbocycles. The van der Waals surface area contributed by atoms with Crippen LogP contribution in [0.15, 0.2) is 0 Å². The topological polar surface area (TPSA) is 41.6 Å². The Kier molecular flexibility index (Phi) is 1.64. The molecule has 1 rings (SSSR count). The minimum atomic E-state index is 0.403. The van der Waals surface area contributed by atoms with Gasteiger partial charge >= 0.3 is 0 Å². The highest BCUT2D eigenvalue weighted by atomic mass is 35.5. The maximum atomic E-state index is 8.52. The number of hydrogen-bond acceptors (Lipinski definition) is 2. The maximum Gasteiger partial charge on any atom is 0.144 e. The normalized spacial score (nSPS) is 9.40. The molecule has 0 unspecified atom stereocenters. The molecule has 0 N–H and O–H groups in total. The minimum Gasteiger partial charge on any atom is -0.255 e. The van der Waals surface area contributed by atoms with Gasteiger partial charge in [-0.15, -0.1) is 0 Å². The Morgan fingerprint density at radius 3 is 2.50 bits per heavy atom. The molecule has 1 heterocycles. The number of hydrogen-bond donors (Lipinski definition) is 0. The van der Waals surface area contributed by atoms with Crippen LogP contribution in [0.1, 0.15) is 11.3 Å². The molecule has 0 saturated carbocycles. The van der Waals surface area contributed by atoms with Crippen LogP contribution in [0, 0.1) is 18.3 Å². The first-order valence-electron chi connectivity index (χ1n) is 2.76. The fourth-order valence-corrected chi connectivity index (χ4v) is 0.974. The van der Waals surface area contributed by atoms with Gasteiger partial charge < -0.3 is 0 Å². The molecule has 0 aliphatic heterocycles. The van der Waals surface area contributed by atoms with Gasteiger partial charge in [-0.1, -0.05) is 11.6 Å². The van der Waals surface area contributed by atoms with E-state index in [1.54, 1.807) is 14.0 Å². The summed E-state index contributed by atoms with van der Waals surface area (Å²) in [5.74, 6) is 0. The molecule has 1 aromatic rings. The quantitative estimate of drug-likeness (QED) is 0.566. The van der Waals surface area contributed by atoms with Gasteiger partial charge in [0.1, 0.15) is 16.8 Å². The number of nitrogens with zero attached hydrogens (tertiary/aromatic N) is 3. The third-order valence-corrected chi connectivity index (χ3v) is 1.70. The predicted molar refractivity (Wildman–Crippen MR) is 37.7 cm³/mol. The van der Waals surface area contributed by atoms with Gasteiger partial charge in [0.25, 0.3) is 0 Å². The SMILES string of the molecule is Cc1nn(C)c(Cl)c1C#N. The van der Waals surface area contributed by atoms with Crippen LogP contribution in [-0.2, 0) is 7.05 Å². The number of aromatic nitrogens is 2. The van der Waals surface area contributed by atoms with E-state index in [9.17, 15) is 0 Å². The summed E-state index contributed by atoms with van der Waals surface area (Å²) in [6, 6.07) is 1.97. The number of halogens is 1. The van der Waals surface area contributed by atoms with Crippen molar-refractivity contribution < 1.29 is 0 Å². The van der Waals surface area contributed by atoms with Crippen molar-refractivity contribution in [1.29, 1.82) is 5.26 Å². The van der Waals surface area contributed by atoms with Gasteiger partial charge in [-0.2, -0.15) is 10.4 Å². The number of rotatable bonds is 0. The lowest BCUT2D eigenvalue weighted by molar-refractivity contribution is 0.757. The standard InChI is InChI=1S/C6H6ClN3/c1-4-5(3-8)6(7)10(2)9-4/h1-2H3. The molecular formula is C6H6ClN3. The van der Waals surface area contributed by atoms with Gasteiger partial charge in [-0.05, 0) is 6.92 Å². The Morgan fingerprint density at radius 1 is 1.70 bits per heavy atom. The summed E-state index contributed by atoms with van der Waals surface area (Å²) in [7, 11) is 1.70. The molecule has 0 saturated heterocycles. The van der Waals surface area contributed by atoms with E-state index in [1.165, 1.54) is 4.68 Å². The van der Waals surface area contributed by atoms with E-state index < -0.39 is 0 Å². The lowest BCUT2D eigenvalue weighted by atomic mass is 10.3. The monoisotopic (exact) mass is 155 g/mol. The molecule has 52 valence electrons. The molecule has 0 bridgehead atoms. The maximum absolute atomic E-state index is 8.52. The predicted octanol–water partition coefficient (Wildman–Crippen LogP) is 1.25. The van der Waals surface area contributed by atoms with Crippen molar-refractivity contribution in [3.63, 3.8) is 0 Å². The van der Waals surface area contributed by atoms with Gasteiger partial charge in [0.2, 0.25) is 0 Å². The van der Waals surface area contributed by atoms with Crippen LogP contribution in [0.2, 0.25) is 5.15 Å². The average Bonchev–Trinajstić information content (AvgIpc) is 2.09. The fraction of sp³-hybridized carbons (Fsp3) is 0.333. The number of aryl methyl sites for hydroxylation is 2. The van der Waals surface area contributed by atoms with Crippen molar-refractivity contribution in [1.82, 2.24) is 9.78 Å². The van der Waals surface area contributed by atoms with Gasteiger partial charge in [0.05, 0.1) is 5.69 Å². The van der Waals surface area contributed by atoms with E-state index in [4.69, 9.17) is 16.9 Å². The first-order chi connectivity index (χ1) is 4.66. The summed E-state index contributed by atoms with van der Waals surface area (Å²) in [6.45, 7) is 1.75. The van der Waals surface area contributed by atoms with Crippen LogP contribution in [-0.4, -0.2) is 9.78 Å². The van der Waals surface area contributed by atoms with E-state index in [-0.39, 0.29) is 0 Å². The van der Waals surface area contributed by atoms with Crippen LogP contribution >= 0.6 is 11.6 Å². The van der Waals surface area contributed by atoms with Gasteiger partial charge in [-0.3, -0.25) is 4.68 Å². The van der Waals surface area contributed by atoms with Crippen molar-refractivity contribution in [2.45, 2.75) is 6.92 Å². The van der Waals surface area contributed by atoms with Crippen LogP contribution in [0.4, 0.5) is 0 Å². The van der Waals surface area contributed by atoms with Crippen LogP contribution in [0.3, 0.4) is 0 Å². The molecule has 10 heavy (non-hydrogen) atoms. The molecule has 0 fully saturated rings. The van der Waals surface area contributed by atoms with E-state index in [0.29, 0.717) is 16.4 Å². The zero-order chi connectivity index (χ0) is 7.72. The highest BCUT2D eigenvalue weighted by molar-refractivity contribution is 6.30. The van der Waals surface area contributed by atoms with Crippen molar-refractivity contribution in [3.05, 3.63) is 16.4 Å². The summed E-state index contributed by atoms with van der Waals surface area (Å²) in [6.07, 6.45) is 0. The Bertz CT molecular complexity index is 295.